The Balaban J connectivity index is 2.16. The van der Waals surface area contributed by atoms with Gasteiger partial charge in [0.05, 0.1) is 17.6 Å². The maximum atomic E-state index is 12.3. The van der Waals surface area contributed by atoms with Crippen molar-refractivity contribution in [3.8, 4) is 0 Å². The molecule has 20 heavy (non-hydrogen) atoms. The number of hydrogen-bond acceptors (Lipinski definition) is 3. The number of aromatic nitrogens is 2. The third-order valence-corrected chi connectivity index (χ3v) is 3.96. The molecule has 4 heteroatoms. The van der Waals surface area contributed by atoms with E-state index >= 15 is 0 Å². The van der Waals surface area contributed by atoms with Gasteiger partial charge >= 0.3 is 5.97 Å². The molecule has 0 saturated heterocycles. The number of nitrogens with zero attached hydrogens (tertiary/aromatic N) is 2. The van der Waals surface area contributed by atoms with Gasteiger partial charge in [-0.3, -0.25) is 4.79 Å². The second-order valence-corrected chi connectivity index (χ2v) is 5.69. The standard InChI is InChI=1S/C16H20N2O2/c1-4-20-15(19)16(9-10-16)14-17-12-7-5-6-8-13(12)18(14)11(2)3/h5-8,11H,4,9-10H2,1-3H3. The molecule has 1 heterocycles. The molecule has 0 amide bonds. The molecule has 0 atom stereocenters. The highest BCUT2D eigenvalue weighted by molar-refractivity contribution is 5.87. The quantitative estimate of drug-likeness (QED) is 0.803. The summed E-state index contributed by atoms with van der Waals surface area (Å²) in [4.78, 5) is 17.0. The molecule has 0 unspecified atom stereocenters. The van der Waals surface area contributed by atoms with Gasteiger partial charge in [-0.25, -0.2) is 4.98 Å². The van der Waals surface area contributed by atoms with Crippen LogP contribution in [0.4, 0.5) is 0 Å². The first-order chi connectivity index (χ1) is 9.60. The first kappa shape index (κ1) is 13.2. The molecule has 4 nitrogen and oxygen atoms in total. The van der Waals surface area contributed by atoms with Gasteiger partial charge in [0.15, 0.2) is 0 Å². The van der Waals surface area contributed by atoms with Crippen LogP contribution in [0.3, 0.4) is 0 Å². The van der Waals surface area contributed by atoms with E-state index in [2.05, 4.69) is 24.5 Å². The molecule has 1 aliphatic rings. The van der Waals surface area contributed by atoms with Gasteiger partial charge in [-0.05, 0) is 45.7 Å². The smallest absolute Gasteiger partial charge is 0.319 e. The molecule has 1 aromatic heterocycles. The summed E-state index contributed by atoms with van der Waals surface area (Å²) in [5.74, 6) is 0.740. The van der Waals surface area contributed by atoms with Gasteiger partial charge in [0, 0.05) is 6.04 Å². The van der Waals surface area contributed by atoms with Crippen molar-refractivity contribution in [1.29, 1.82) is 0 Å². The van der Waals surface area contributed by atoms with Crippen LogP contribution in [0.5, 0.6) is 0 Å². The minimum atomic E-state index is -0.515. The average Bonchev–Trinajstić information content (AvgIpc) is 3.13. The van der Waals surface area contributed by atoms with Crippen LogP contribution < -0.4 is 0 Å². The number of ether oxygens (including phenoxy) is 1. The van der Waals surface area contributed by atoms with Crippen LogP contribution >= 0.6 is 0 Å². The van der Waals surface area contributed by atoms with Crippen molar-refractivity contribution in [3.63, 3.8) is 0 Å². The predicted molar refractivity (Wildman–Crippen MR) is 77.7 cm³/mol. The fraction of sp³-hybridized carbons (Fsp3) is 0.500. The van der Waals surface area contributed by atoms with Crippen LogP contribution in [-0.4, -0.2) is 22.1 Å². The minimum Gasteiger partial charge on any atom is -0.465 e. The Bertz CT molecular complexity index is 654. The molecule has 2 aromatic rings. The van der Waals surface area contributed by atoms with E-state index in [0.29, 0.717) is 6.61 Å². The summed E-state index contributed by atoms with van der Waals surface area (Å²) in [5.41, 5.74) is 1.53. The van der Waals surface area contributed by atoms with Crippen LogP contribution in [0.25, 0.3) is 11.0 Å². The number of para-hydroxylation sites is 2. The van der Waals surface area contributed by atoms with Gasteiger partial charge in [-0.1, -0.05) is 12.1 Å². The number of rotatable bonds is 4. The lowest BCUT2D eigenvalue weighted by molar-refractivity contribution is -0.146. The second-order valence-electron chi connectivity index (χ2n) is 5.69. The van der Waals surface area contributed by atoms with Crippen molar-refractivity contribution >= 4 is 17.0 Å². The fourth-order valence-corrected chi connectivity index (χ4v) is 2.82. The van der Waals surface area contributed by atoms with E-state index < -0.39 is 5.41 Å². The van der Waals surface area contributed by atoms with E-state index in [9.17, 15) is 4.79 Å². The number of hydrogen-bond donors (Lipinski definition) is 0. The molecule has 106 valence electrons. The lowest BCUT2D eigenvalue weighted by Crippen LogP contribution is -2.27. The van der Waals surface area contributed by atoms with Crippen LogP contribution in [-0.2, 0) is 14.9 Å². The van der Waals surface area contributed by atoms with Crippen molar-refractivity contribution in [2.24, 2.45) is 0 Å². The van der Waals surface area contributed by atoms with Crippen molar-refractivity contribution in [2.75, 3.05) is 6.61 Å². The summed E-state index contributed by atoms with van der Waals surface area (Å²) in [6, 6.07) is 8.32. The maximum Gasteiger partial charge on any atom is 0.319 e. The highest BCUT2D eigenvalue weighted by Gasteiger charge is 2.56. The van der Waals surface area contributed by atoms with E-state index in [-0.39, 0.29) is 12.0 Å². The minimum absolute atomic E-state index is 0.128. The van der Waals surface area contributed by atoms with Crippen molar-refractivity contribution in [3.05, 3.63) is 30.1 Å². The third kappa shape index (κ3) is 1.82. The Morgan fingerprint density at radius 3 is 2.70 bits per heavy atom. The van der Waals surface area contributed by atoms with Gasteiger partial charge in [-0.15, -0.1) is 0 Å². The summed E-state index contributed by atoms with van der Waals surface area (Å²) in [7, 11) is 0. The van der Waals surface area contributed by atoms with Crippen LogP contribution in [0.1, 0.15) is 45.5 Å². The largest absolute Gasteiger partial charge is 0.465 e. The first-order valence-corrected chi connectivity index (χ1v) is 7.25. The molecule has 0 spiro atoms. The summed E-state index contributed by atoms with van der Waals surface area (Å²) in [6.45, 7) is 6.51. The number of carbonyl (C=O) groups is 1. The Hall–Kier alpha value is -1.84. The highest BCUT2D eigenvalue weighted by Crippen LogP contribution is 2.50. The summed E-state index contributed by atoms with van der Waals surface area (Å²) >= 11 is 0. The van der Waals surface area contributed by atoms with E-state index in [1.54, 1.807) is 0 Å². The molecule has 0 N–H and O–H groups in total. The van der Waals surface area contributed by atoms with Gasteiger partial charge in [-0.2, -0.15) is 0 Å². The Morgan fingerprint density at radius 1 is 1.40 bits per heavy atom. The zero-order chi connectivity index (χ0) is 14.3. The molecule has 0 bridgehead atoms. The number of benzene rings is 1. The van der Waals surface area contributed by atoms with Gasteiger partial charge in [0.1, 0.15) is 11.2 Å². The average molecular weight is 272 g/mol. The van der Waals surface area contributed by atoms with Crippen molar-refractivity contribution in [1.82, 2.24) is 9.55 Å². The SMILES string of the molecule is CCOC(=O)C1(c2nc3ccccc3n2C(C)C)CC1. The van der Waals surface area contributed by atoms with E-state index in [1.165, 1.54) is 0 Å². The van der Waals surface area contributed by atoms with Crippen LogP contribution in [0, 0.1) is 0 Å². The number of carbonyl (C=O) groups excluding carboxylic acids is 1. The number of esters is 1. The first-order valence-electron chi connectivity index (χ1n) is 7.25. The lowest BCUT2D eigenvalue weighted by Gasteiger charge is -2.18. The normalized spacial score (nSPS) is 16.6. The van der Waals surface area contributed by atoms with Gasteiger partial charge in [0.25, 0.3) is 0 Å². The molecule has 0 radical (unpaired) electrons. The van der Waals surface area contributed by atoms with Crippen molar-refractivity contribution < 1.29 is 9.53 Å². The van der Waals surface area contributed by atoms with Gasteiger partial charge in [0.2, 0.25) is 0 Å². The summed E-state index contributed by atoms with van der Waals surface area (Å²) in [6.07, 6.45) is 1.67. The maximum absolute atomic E-state index is 12.3. The molecular weight excluding hydrogens is 252 g/mol. The third-order valence-electron chi connectivity index (χ3n) is 3.96. The van der Waals surface area contributed by atoms with E-state index in [1.807, 2.05) is 25.1 Å². The Kier molecular flexibility index (Phi) is 3.04. The molecule has 1 aliphatic carbocycles. The Labute approximate surface area is 118 Å². The topological polar surface area (TPSA) is 44.1 Å². The monoisotopic (exact) mass is 272 g/mol. The lowest BCUT2D eigenvalue weighted by atomic mass is 10.1. The summed E-state index contributed by atoms with van der Waals surface area (Å²) < 4.78 is 7.44. The molecule has 1 fully saturated rings. The molecule has 0 aliphatic heterocycles. The van der Waals surface area contributed by atoms with Crippen LogP contribution in [0.15, 0.2) is 24.3 Å². The van der Waals surface area contributed by atoms with Gasteiger partial charge < -0.3 is 9.30 Å². The molecule has 1 saturated carbocycles. The highest BCUT2D eigenvalue weighted by atomic mass is 16.5. The number of fused-ring (bicyclic) bond motifs is 1. The molecule has 1 aromatic carbocycles. The zero-order valence-corrected chi connectivity index (χ0v) is 12.2. The predicted octanol–water partition coefficient (Wildman–Crippen LogP) is 3.21. The fourth-order valence-electron chi connectivity index (χ4n) is 2.82. The zero-order valence-electron chi connectivity index (χ0n) is 12.2. The molecule has 3 rings (SSSR count). The van der Waals surface area contributed by atoms with Crippen LogP contribution in [0.2, 0.25) is 0 Å². The van der Waals surface area contributed by atoms with E-state index in [4.69, 9.17) is 9.72 Å². The van der Waals surface area contributed by atoms with Crippen molar-refractivity contribution in [2.45, 2.75) is 45.1 Å². The second kappa shape index (κ2) is 4.62. The molecular formula is C16H20N2O2. The Morgan fingerprint density at radius 2 is 2.10 bits per heavy atom. The summed E-state index contributed by atoms with van der Waals surface area (Å²) in [5, 5.41) is 0. The van der Waals surface area contributed by atoms with E-state index in [0.717, 1.165) is 29.7 Å². The number of imidazole rings is 1.